The summed E-state index contributed by atoms with van der Waals surface area (Å²) in [6.07, 6.45) is 17.9. The Morgan fingerprint density at radius 1 is 0.765 bits per heavy atom. The number of hydrogen-bond donors (Lipinski definition) is 0. The molecule has 8 rings (SSSR count). The molecule has 6 aromatic rings. The summed E-state index contributed by atoms with van der Waals surface area (Å²) in [5, 5.41) is 23.9. The van der Waals surface area contributed by atoms with Crippen molar-refractivity contribution in [1.82, 2.24) is 9.13 Å². The summed E-state index contributed by atoms with van der Waals surface area (Å²) in [4.78, 5) is 0. The predicted molar refractivity (Wildman–Crippen MR) is 211 cm³/mol. The van der Waals surface area contributed by atoms with Gasteiger partial charge in [-0.2, -0.15) is 10.5 Å². The number of benzene rings is 4. The van der Waals surface area contributed by atoms with E-state index in [2.05, 4.69) is 133 Å². The zero-order chi connectivity index (χ0) is 35.2. The monoisotopic (exact) mass is 656 g/mol. The number of para-hydroxylation sites is 2. The van der Waals surface area contributed by atoms with Gasteiger partial charge in [0.05, 0.1) is 39.9 Å². The quantitative estimate of drug-likeness (QED) is 0.173. The van der Waals surface area contributed by atoms with Crippen LogP contribution in [0.5, 0.6) is 0 Å². The van der Waals surface area contributed by atoms with E-state index in [1.807, 2.05) is 30.3 Å². The molecular formula is C47H36N4. The molecular weight excluding hydrogens is 621 g/mol. The van der Waals surface area contributed by atoms with Crippen LogP contribution in [0.15, 0.2) is 132 Å². The zero-order valence-corrected chi connectivity index (χ0v) is 29.0. The van der Waals surface area contributed by atoms with Gasteiger partial charge >= 0.3 is 0 Å². The van der Waals surface area contributed by atoms with Crippen LogP contribution in [0.2, 0.25) is 0 Å². The molecule has 2 atom stereocenters. The predicted octanol–water partition coefficient (Wildman–Crippen LogP) is 11.3. The van der Waals surface area contributed by atoms with Gasteiger partial charge in [-0.15, -0.1) is 6.42 Å². The highest BCUT2D eigenvalue weighted by Gasteiger charge is 2.29. The van der Waals surface area contributed by atoms with Gasteiger partial charge in [-0.05, 0) is 96.9 Å². The van der Waals surface area contributed by atoms with Gasteiger partial charge in [0.25, 0.3) is 0 Å². The minimum absolute atomic E-state index is 0.208. The van der Waals surface area contributed by atoms with Gasteiger partial charge in [0.1, 0.15) is 0 Å². The molecule has 2 aromatic heterocycles. The Kier molecular flexibility index (Phi) is 7.91. The zero-order valence-electron chi connectivity index (χ0n) is 29.0. The topological polar surface area (TPSA) is 57.4 Å². The highest BCUT2D eigenvalue weighted by molar-refractivity contribution is 6.11. The van der Waals surface area contributed by atoms with Gasteiger partial charge in [0.2, 0.25) is 0 Å². The molecule has 4 nitrogen and oxygen atoms in total. The maximum atomic E-state index is 10.7. The van der Waals surface area contributed by atoms with Gasteiger partial charge in [-0.25, -0.2) is 0 Å². The van der Waals surface area contributed by atoms with Crippen LogP contribution < -0.4 is 0 Å². The molecule has 0 saturated heterocycles. The molecule has 51 heavy (non-hydrogen) atoms. The van der Waals surface area contributed by atoms with Gasteiger partial charge in [0.15, 0.2) is 0 Å². The standard InChI is InChI=1S/C47H36N4/c1-5-6-15-41-32(4)37-13-7-9-16-42(37)51(41)45-27-30(2)19-24-39(45)46-35(29-49)25-31(3)26-40(46)33-20-22-36(23-21-33)50-43-17-10-8-14-38(43)47-34(28-48)12-11-18-44(47)50/h1,6-24,26,30-31H,25,27H2,2-4H3/b15-6-. The normalized spacial score (nSPS) is 17.7. The smallest absolute Gasteiger partial charge is 0.0998 e. The van der Waals surface area contributed by atoms with Crippen molar-refractivity contribution < 1.29 is 0 Å². The van der Waals surface area contributed by atoms with Crippen molar-refractivity contribution in [2.75, 3.05) is 0 Å². The van der Waals surface area contributed by atoms with Crippen molar-refractivity contribution in [1.29, 1.82) is 10.5 Å². The Labute approximate surface area is 298 Å². The van der Waals surface area contributed by atoms with E-state index in [1.165, 1.54) is 16.6 Å². The number of hydrogen-bond acceptors (Lipinski definition) is 2. The second-order valence-corrected chi connectivity index (χ2v) is 13.7. The van der Waals surface area contributed by atoms with Crippen molar-refractivity contribution in [2.24, 2.45) is 11.8 Å². The van der Waals surface area contributed by atoms with Crippen LogP contribution in [0.25, 0.3) is 55.7 Å². The number of nitriles is 2. The Morgan fingerprint density at radius 2 is 1.47 bits per heavy atom. The molecule has 4 heteroatoms. The lowest BCUT2D eigenvalue weighted by atomic mass is 9.77. The van der Waals surface area contributed by atoms with E-state index in [1.54, 1.807) is 6.08 Å². The van der Waals surface area contributed by atoms with E-state index < -0.39 is 0 Å². The summed E-state index contributed by atoms with van der Waals surface area (Å²) in [6, 6.07) is 36.4. The van der Waals surface area contributed by atoms with Crippen molar-refractivity contribution in [2.45, 2.75) is 33.6 Å². The first-order valence-corrected chi connectivity index (χ1v) is 17.5. The molecule has 2 aliphatic carbocycles. The number of allylic oxidation sites excluding steroid dienone is 9. The molecule has 0 N–H and O–H groups in total. The summed E-state index contributed by atoms with van der Waals surface area (Å²) in [7, 11) is 0. The third-order valence-corrected chi connectivity index (χ3v) is 10.4. The van der Waals surface area contributed by atoms with Crippen LogP contribution in [0.1, 0.15) is 49.1 Å². The first-order valence-electron chi connectivity index (χ1n) is 17.5. The van der Waals surface area contributed by atoms with Crippen molar-refractivity contribution in [3.63, 3.8) is 0 Å². The highest BCUT2D eigenvalue weighted by atomic mass is 15.0. The molecule has 0 spiro atoms. The van der Waals surface area contributed by atoms with E-state index in [0.717, 1.165) is 73.0 Å². The van der Waals surface area contributed by atoms with Gasteiger partial charge < -0.3 is 9.13 Å². The van der Waals surface area contributed by atoms with E-state index in [0.29, 0.717) is 17.9 Å². The van der Waals surface area contributed by atoms with Gasteiger partial charge in [-0.1, -0.05) is 92.6 Å². The van der Waals surface area contributed by atoms with E-state index in [9.17, 15) is 10.5 Å². The molecule has 2 heterocycles. The maximum Gasteiger partial charge on any atom is 0.0998 e. The first-order chi connectivity index (χ1) is 24.9. The molecule has 0 bridgehead atoms. The second kappa shape index (κ2) is 12.7. The Bertz CT molecular complexity index is 2700. The average Bonchev–Trinajstić information content (AvgIpc) is 3.65. The summed E-state index contributed by atoms with van der Waals surface area (Å²) in [5.74, 6) is 3.22. The minimum atomic E-state index is 0.208. The summed E-state index contributed by atoms with van der Waals surface area (Å²) in [6.45, 7) is 6.59. The van der Waals surface area contributed by atoms with Crippen molar-refractivity contribution in [3.05, 3.63) is 154 Å². The number of aromatic nitrogens is 2. The number of aryl methyl sites for hydroxylation is 1. The molecule has 2 aliphatic rings. The Hall–Kier alpha value is -6.54. The Morgan fingerprint density at radius 3 is 2.20 bits per heavy atom. The lowest BCUT2D eigenvalue weighted by Gasteiger charge is -2.29. The fraction of sp³-hybridized carbons (Fsp3) is 0.149. The molecule has 4 aromatic carbocycles. The molecule has 2 unspecified atom stereocenters. The third-order valence-electron chi connectivity index (χ3n) is 10.4. The molecule has 0 saturated carbocycles. The molecule has 0 amide bonds. The second-order valence-electron chi connectivity index (χ2n) is 13.7. The van der Waals surface area contributed by atoms with Crippen LogP contribution in [0.3, 0.4) is 0 Å². The van der Waals surface area contributed by atoms with Crippen molar-refractivity contribution in [3.8, 4) is 30.2 Å². The summed E-state index contributed by atoms with van der Waals surface area (Å²) < 4.78 is 4.60. The fourth-order valence-corrected chi connectivity index (χ4v) is 8.16. The van der Waals surface area contributed by atoms with E-state index in [-0.39, 0.29) is 5.92 Å². The number of terminal acetylenes is 1. The number of fused-ring (bicyclic) bond motifs is 4. The van der Waals surface area contributed by atoms with Crippen LogP contribution >= 0.6 is 0 Å². The maximum absolute atomic E-state index is 10.7. The SMILES string of the molecule is C#C/C=C\c1c(C)c2ccccc2n1C1=C(C2=C(C#N)CC(C)C=C2c2ccc(-n3c4ccccc4c4c(C#N)cccc43)cc2)C=CC(C)C1. The van der Waals surface area contributed by atoms with Crippen LogP contribution in [-0.4, -0.2) is 9.13 Å². The number of rotatable bonds is 5. The lowest BCUT2D eigenvalue weighted by Crippen LogP contribution is -2.15. The van der Waals surface area contributed by atoms with Gasteiger partial charge in [-0.3, -0.25) is 0 Å². The van der Waals surface area contributed by atoms with Crippen molar-refractivity contribution >= 4 is 50.1 Å². The lowest BCUT2D eigenvalue weighted by molar-refractivity contribution is 0.710. The highest BCUT2D eigenvalue weighted by Crippen LogP contribution is 2.45. The van der Waals surface area contributed by atoms with E-state index >= 15 is 0 Å². The Balaban J connectivity index is 1.32. The molecule has 0 fully saturated rings. The van der Waals surface area contributed by atoms with E-state index in [4.69, 9.17) is 6.42 Å². The first kappa shape index (κ1) is 31.7. The summed E-state index contributed by atoms with van der Waals surface area (Å²) in [5.41, 5.74) is 13.3. The third kappa shape index (κ3) is 5.15. The molecule has 0 radical (unpaired) electrons. The van der Waals surface area contributed by atoms with Crippen LogP contribution in [-0.2, 0) is 0 Å². The molecule has 0 aliphatic heterocycles. The number of nitrogens with zero attached hydrogens (tertiary/aromatic N) is 4. The summed E-state index contributed by atoms with van der Waals surface area (Å²) >= 11 is 0. The minimum Gasteiger partial charge on any atom is -0.313 e. The van der Waals surface area contributed by atoms with Crippen LogP contribution in [0.4, 0.5) is 0 Å². The van der Waals surface area contributed by atoms with Crippen LogP contribution in [0, 0.1) is 53.8 Å². The fourth-order valence-electron chi connectivity index (χ4n) is 8.16. The average molecular weight is 657 g/mol. The largest absolute Gasteiger partial charge is 0.313 e. The van der Waals surface area contributed by atoms with Gasteiger partial charge in [0, 0.05) is 44.3 Å². The molecule has 244 valence electrons.